The molecule has 0 saturated heterocycles. The van der Waals surface area contributed by atoms with Crippen LogP contribution in [0.5, 0.6) is 11.5 Å². The summed E-state index contributed by atoms with van der Waals surface area (Å²) in [7, 11) is -1.66. The van der Waals surface area contributed by atoms with Gasteiger partial charge in [0.15, 0.2) is 11.6 Å². The molecule has 1 unspecified atom stereocenters. The largest absolute Gasteiger partial charge is 0.454 e. The fraction of sp³-hybridized carbons (Fsp3) is 0.130. The molecule has 0 aromatic heterocycles. The van der Waals surface area contributed by atoms with Crippen molar-refractivity contribution in [2.45, 2.75) is 24.7 Å². The predicted molar refractivity (Wildman–Crippen MR) is 117 cm³/mol. The number of carbonyl (C=O) groups excluding carboxylic acids is 1. The number of nitriles is 1. The maximum absolute atomic E-state index is 15.0. The number of carbonyl (C=O) groups is 1. The van der Waals surface area contributed by atoms with Gasteiger partial charge in [-0.05, 0) is 55.0 Å². The number of anilines is 1. The summed E-state index contributed by atoms with van der Waals surface area (Å²) in [6, 6.07) is 13.8. The SMILES string of the molecule is Cc1cc(S(N)=O)ccc1NC(=O)Cc1cccc(Oc2cc(C#N)cc(C(F)F)c2)c1F. The highest BCUT2D eigenvalue weighted by atomic mass is 32.2. The Bertz CT molecular complexity index is 1280. The third kappa shape index (κ3) is 5.97. The van der Waals surface area contributed by atoms with Gasteiger partial charge in [0.2, 0.25) is 5.91 Å². The van der Waals surface area contributed by atoms with Gasteiger partial charge in [0.25, 0.3) is 6.43 Å². The molecule has 10 heteroatoms. The second kappa shape index (κ2) is 10.3. The first-order valence-corrected chi connectivity index (χ1v) is 10.7. The van der Waals surface area contributed by atoms with Gasteiger partial charge in [-0.15, -0.1) is 0 Å². The summed E-state index contributed by atoms with van der Waals surface area (Å²) in [4.78, 5) is 12.9. The number of hydrogen-bond donors (Lipinski definition) is 2. The van der Waals surface area contributed by atoms with Gasteiger partial charge in [0.05, 0.1) is 22.9 Å². The first kappa shape index (κ1) is 24.0. The molecule has 3 aromatic rings. The Balaban J connectivity index is 1.78. The molecule has 3 aromatic carbocycles. The molecule has 33 heavy (non-hydrogen) atoms. The first-order valence-electron chi connectivity index (χ1n) is 9.53. The van der Waals surface area contributed by atoms with Crippen LogP contribution in [0.4, 0.5) is 18.9 Å². The number of nitrogens with one attached hydrogen (secondary N) is 1. The zero-order chi connectivity index (χ0) is 24.1. The topological polar surface area (TPSA) is 105 Å². The van der Waals surface area contributed by atoms with Crippen molar-refractivity contribution in [3.05, 3.63) is 82.7 Å². The monoisotopic (exact) mass is 473 g/mol. The van der Waals surface area contributed by atoms with E-state index in [1.165, 1.54) is 30.3 Å². The van der Waals surface area contributed by atoms with E-state index in [1.54, 1.807) is 25.1 Å². The van der Waals surface area contributed by atoms with Crippen molar-refractivity contribution in [1.82, 2.24) is 0 Å². The highest BCUT2D eigenvalue weighted by Gasteiger charge is 2.16. The number of nitrogens with zero attached hydrogens (tertiary/aromatic N) is 1. The number of benzene rings is 3. The van der Waals surface area contributed by atoms with Crippen molar-refractivity contribution < 1.29 is 26.9 Å². The maximum Gasteiger partial charge on any atom is 0.264 e. The summed E-state index contributed by atoms with van der Waals surface area (Å²) in [6.45, 7) is 1.70. The van der Waals surface area contributed by atoms with E-state index in [0.717, 1.165) is 12.1 Å². The van der Waals surface area contributed by atoms with Gasteiger partial charge in [-0.25, -0.2) is 22.5 Å². The van der Waals surface area contributed by atoms with Gasteiger partial charge in [-0.2, -0.15) is 5.26 Å². The number of ether oxygens (including phenoxy) is 1. The van der Waals surface area contributed by atoms with Crippen molar-refractivity contribution in [3.63, 3.8) is 0 Å². The zero-order valence-corrected chi connectivity index (χ0v) is 18.1. The minimum Gasteiger partial charge on any atom is -0.454 e. The molecule has 0 fully saturated rings. The number of hydrogen-bond acceptors (Lipinski definition) is 4. The molecule has 1 amide bonds. The molecule has 1 atom stereocenters. The highest BCUT2D eigenvalue weighted by molar-refractivity contribution is 7.82. The van der Waals surface area contributed by atoms with Crippen LogP contribution in [0.25, 0.3) is 0 Å². The minimum atomic E-state index is -2.83. The number of alkyl halides is 2. The third-order valence-corrected chi connectivity index (χ3v) is 5.35. The quantitative estimate of drug-likeness (QED) is 0.509. The number of nitrogens with two attached hydrogens (primary N) is 1. The molecule has 0 bridgehead atoms. The number of aryl methyl sites for hydroxylation is 1. The third-order valence-electron chi connectivity index (χ3n) is 4.64. The molecule has 0 aliphatic rings. The summed E-state index contributed by atoms with van der Waals surface area (Å²) >= 11 is 0. The number of amides is 1. The maximum atomic E-state index is 15.0. The van der Waals surface area contributed by atoms with Crippen LogP contribution in [0.2, 0.25) is 0 Å². The molecular formula is C23H18F3N3O3S. The summed E-state index contributed by atoms with van der Waals surface area (Å²) in [5, 5.41) is 17.0. The van der Waals surface area contributed by atoms with E-state index in [2.05, 4.69) is 5.32 Å². The van der Waals surface area contributed by atoms with E-state index in [9.17, 15) is 22.2 Å². The van der Waals surface area contributed by atoms with Gasteiger partial charge < -0.3 is 10.1 Å². The van der Waals surface area contributed by atoms with E-state index in [-0.39, 0.29) is 29.0 Å². The molecule has 0 radical (unpaired) electrons. The molecule has 170 valence electrons. The van der Waals surface area contributed by atoms with Crippen LogP contribution in [0.3, 0.4) is 0 Å². The Kier molecular flexibility index (Phi) is 7.48. The van der Waals surface area contributed by atoms with E-state index in [4.69, 9.17) is 15.1 Å². The summed E-state index contributed by atoms with van der Waals surface area (Å²) in [5.41, 5.74) is 0.616. The summed E-state index contributed by atoms with van der Waals surface area (Å²) < 4.78 is 57.8. The lowest BCUT2D eigenvalue weighted by Crippen LogP contribution is -2.16. The van der Waals surface area contributed by atoms with E-state index in [0.29, 0.717) is 16.1 Å². The minimum absolute atomic E-state index is 0.0212. The summed E-state index contributed by atoms with van der Waals surface area (Å²) in [6.07, 6.45) is -3.16. The van der Waals surface area contributed by atoms with Crippen LogP contribution in [0.15, 0.2) is 59.5 Å². The smallest absolute Gasteiger partial charge is 0.264 e. The summed E-state index contributed by atoms with van der Waals surface area (Å²) in [5.74, 6) is -1.75. The van der Waals surface area contributed by atoms with E-state index < -0.39 is 34.7 Å². The normalized spacial score (nSPS) is 11.7. The van der Waals surface area contributed by atoms with Crippen molar-refractivity contribution in [2.24, 2.45) is 5.14 Å². The van der Waals surface area contributed by atoms with Crippen LogP contribution < -0.4 is 15.2 Å². The zero-order valence-electron chi connectivity index (χ0n) is 17.3. The van der Waals surface area contributed by atoms with Gasteiger partial charge >= 0.3 is 0 Å². The van der Waals surface area contributed by atoms with Gasteiger partial charge in [-0.3, -0.25) is 4.79 Å². The van der Waals surface area contributed by atoms with Crippen LogP contribution in [-0.4, -0.2) is 10.1 Å². The van der Waals surface area contributed by atoms with Crippen LogP contribution >= 0.6 is 0 Å². The van der Waals surface area contributed by atoms with Gasteiger partial charge in [-0.1, -0.05) is 12.1 Å². The van der Waals surface area contributed by atoms with Crippen LogP contribution in [-0.2, 0) is 22.2 Å². The van der Waals surface area contributed by atoms with E-state index in [1.807, 2.05) is 0 Å². The highest BCUT2D eigenvalue weighted by Crippen LogP contribution is 2.31. The Morgan fingerprint density at radius 1 is 1.21 bits per heavy atom. The number of rotatable bonds is 7. The fourth-order valence-electron chi connectivity index (χ4n) is 3.04. The first-order chi connectivity index (χ1) is 15.7. The molecule has 0 heterocycles. The Morgan fingerprint density at radius 3 is 2.61 bits per heavy atom. The second-order valence-corrected chi connectivity index (χ2v) is 8.10. The van der Waals surface area contributed by atoms with Crippen LogP contribution in [0.1, 0.15) is 28.7 Å². The van der Waals surface area contributed by atoms with E-state index >= 15 is 0 Å². The van der Waals surface area contributed by atoms with Gasteiger partial charge in [0.1, 0.15) is 16.7 Å². The molecule has 3 rings (SSSR count). The molecule has 6 nitrogen and oxygen atoms in total. The van der Waals surface area contributed by atoms with Crippen molar-refractivity contribution in [1.29, 1.82) is 5.26 Å². The average Bonchev–Trinajstić information content (AvgIpc) is 2.77. The lowest BCUT2D eigenvalue weighted by molar-refractivity contribution is -0.115. The standard InChI is InChI=1S/C23H18F3N3O3S/c1-13-7-18(33(28)31)5-6-19(13)29-21(30)11-15-3-2-4-20(22(15)24)32-17-9-14(12-27)8-16(10-17)23(25)26/h2-10,23H,11,28H2,1H3,(H,29,30). The second-order valence-electron chi connectivity index (χ2n) is 7.03. The Morgan fingerprint density at radius 2 is 1.97 bits per heavy atom. The molecule has 3 N–H and O–H groups in total. The van der Waals surface area contributed by atoms with Crippen molar-refractivity contribution in [2.75, 3.05) is 5.32 Å². The predicted octanol–water partition coefficient (Wildman–Crippen LogP) is 4.90. The molecule has 0 saturated carbocycles. The molecule has 0 aliphatic carbocycles. The molecule has 0 aliphatic heterocycles. The fourth-order valence-corrected chi connectivity index (χ4v) is 3.53. The van der Waals surface area contributed by atoms with Crippen molar-refractivity contribution in [3.8, 4) is 17.6 Å². The van der Waals surface area contributed by atoms with Crippen molar-refractivity contribution >= 4 is 22.6 Å². The van der Waals surface area contributed by atoms with Crippen LogP contribution in [0, 0.1) is 24.1 Å². The Labute approximate surface area is 190 Å². The molecule has 0 spiro atoms. The Hall–Kier alpha value is -3.68. The number of halogens is 3. The average molecular weight is 473 g/mol. The lowest BCUT2D eigenvalue weighted by Gasteiger charge is -2.12. The lowest BCUT2D eigenvalue weighted by atomic mass is 10.1. The molecular weight excluding hydrogens is 455 g/mol. The van der Waals surface area contributed by atoms with Gasteiger partial charge in [0, 0.05) is 16.8 Å².